The Balaban J connectivity index is 1.75. The predicted molar refractivity (Wildman–Crippen MR) is 68.5 cm³/mol. The smallest absolute Gasteiger partial charge is 0.254 e. The van der Waals surface area contributed by atoms with Crippen LogP contribution in [0.2, 0.25) is 0 Å². The number of likely N-dealkylation sites (tertiary alicyclic amines) is 1. The van der Waals surface area contributed by atoms with E-state index in [1.54, 1.807) is 23.1 Å². The number of nitrogens with zero attached hydrogens (tertiary/aromatic N) is 1. The van der Waals surface area contributed by atoms with E-state index in [9.17, 15) is 4.79 Å². The van der Waals surface area contributed by atoms with Gasteiger partial charge in [-0.1, -0.05) is 0 Å². The van der Waals surface area contributed by atoms with Crippen molar-refractivity contribution in [1.82, 2.24) is 4.90 Å². The molecule has 5 nitrogen and oxygen atoms in total. The lowest BCUT2D eigenvalue weighted by molar-refractivity contribution is 0.0361. The molecule has 1 aromatic rings. The first kappa shape index (κ1) is 12.3. The Bertz CT molecular complexity index is 482. The molecule has 0 radical (unpaired) electrons. The van der Waals surface area contributed by atoms with Crippen LogP contribution in [0.1, 0.15) is 16.8 Å². The van der Waals surface area contributed by atoms with E-state index in [1.165, 1.54) is 0 Å². The van der Waals surface area contributed by atoms with Gasteiger partial charge in [0.15, 0.2) is 11.5 Å². The summed E-state index contributed by atoms with van der Waals surface area (Å²) >= 11 is 0. The second-order valence-electron chi connectivity index (χ2n) is 4.97. The van der Waals surface area contributed by atoms with E-state index in [0.29, 0.717) is 43.4 Å². The third-order valence-electron chi connectivity index (χ3n) is 3.50. The molecule has 0 saturated carbocycles. The summed E-state index contributed by atoms with van der Waals surface area (Å²) in [7, 11) is 0. The number of rotatable bonds is 2. The van der Waals surface area contributed by atoms with Crippen LogP contribution in [-0.2, 0) is 0 Å². The normalized spacial score (nSPS) is 18.7. The monoisotopic (exact) mass is 263 g/mol. The minimum Gasteiger partial charge on any atom is -0.490 e. The molecule has 1 amide bonds. The van der Waals surface area contributed by atoms with Gasteiger partial charge in [0.2, 0.25) is 0 Å². The van der Waals surface area contributed by atoms with Gasteiger partial charge in [0.05, 0.1) is 13.2 Å². The van der Waals surface area contributed by atoms with E-state index in [0.717, 1.165) is 6.42 Å². The average Bonchev–Trinajstić information content (AvgIpc) is 2.61. The van der Waals surface area contributed by atoms with E-state index < -0.39 is 0 Å². The van der Waals surface area contributed by atoms with Gasteiger partial charge in [0.25, 0.3) is 5.91 Å². The summed E-state index contributed by atoms with van der Waals surface area (Å²) in [6, 6.07) is 5.30. The molecule has 5 heteroatoms. The Hall–Kier alpha value is -1.75. The molecule has 3 rings (SSSR count). The molecule has 2 heterocycles. The summed E-state index contributed by atoms with van der Waals surface area (Å²) in [4.78, 5) is 13.9. The van der Waals surface area contributed by atoms with Crippen molar-refractivity contribution in [1.29, 1.82) is 0 Å². The quantitative estimate of drug-likeness (QED) is 0.861. The molecule has 1 aromatic carbocycles. The first-order valence-corrected chi connectivity index (χ1v) is 6.57. The van der Waals surface area contributed by atoms with E-state index >= 15 is 0 Å². The first-order chi connectivity index (χ1) is 9.28. The number of amides is 1. The SMILES string of the molecule is O=C(c1ccc2c(c1)OCCCO2)N1CC(CO)C1. The highest BCUT2D eigenvalue weighted by atomic mass is 16.5. The largest absolute Gasteiger partial charge is 0.490 e. The number of hydrogen-bond acceptors (Lipinski definition) is 4. The van der Waals surface area contributed by atoms with Gasteiger partial charge in [-0.15, -0.1) is 0 Å². The van der Waals surface area contributed by atoms with Crippen molar-refractivity contribution in [2.75, 3.05) is 32.9 Å². The maximum Gasteiger partial charge on any atom is 0.254 e. The van der Waals surface area contributed by atoms with Gasteiger partial charge in [0.1, 0.15) is 0 Å². The van der Waals surface area contributed by atoms with Crippen LogP contribution >= 0.6 is 0 Å². The Kier molecular flexibility index (Phi) is 3.29. The second-order valence-corrected chi connectivity index (χ2v) is 4.97. The summed E-state index contributed by atoms with van der Waals surface area (Å²) in [5, 5.41) is 8.97. The zero-order valence-electron chi connectivity index (χ0n) is 10.7. The Morgan fingerprint density at radius 1 is 1.26 bits per heavy atom. The molecule has 0 unspecified atom stereocenters. The maximum atomic E-state index is 12.2. The van der Waals surface area contributed by atoms with Crippen molar-refractivity contribution in [3.05, 3.63) is 23.8 Å². The van der Waals surface area contributed by atoms with Crippen molar-refractivity contribution < 1.29 is 19.4 Å². The van der Waals surface area contributed by atoms with Gasteiger partial charge in [-0.05, 0) is 18.2 Å². The third kappa shape index (κ3) is 2.38. The van der Waals surface area contributed by atoms with Crippen LogP contribution < -0.4 is 9.47 Å². The minimum absolute atomic E-state index is 0.0136. The van der Waals surface area contributed by atoms with E-state index in [1.807, 2.05) is 0 Å². The molecule has 0 aliphatic carbocycles. The number of aliphatic hydroxyl groups excluding tert-OH is 1. The average molecular weight is 263 g/mol. The van der Waals surface area contributed by atoms with Gasteiger partial charge in [-0.3, -0.25) is 4.79 Å². The summed E-state index contributed by atoms with van der Waals surface area (Å²) < 4.78 is 11.1. The summed E-state index contributed by atoms with van der Waals surface area (Å²) in [6.07, 6.45) is 0.849. The van der Waals surface area contributed by atoms with Crippen molar-refractivity contribution in [2.24, 2.45) is 5.92 Å². The number of carbonyl (C=O) groups excluding carboxylic acids is 1. The standard InChI is InChI=1S/C14H17NO4/c16-9-10-7-15(8-10)14(17)11-2-3-12-13(6-11)19-5-1-4-18-12/h2-3,6,10,16H,1,4-5,7-9H2. The molecule has 2 aliphatic rings. The van der Waals surface area contributed by atoms with Crippen LogP contribution in [0.15, 0.2) is 18.2 Å². The van der Waals surface area contributed by atoms with Crippen LogP contribution in [0.25, 0.3) is 0 Å². The van der Waals surface area contributed by atoms with Gasteiger partial charge >= 0.3 is 0 Å². The highest BCUT2D eigenvalue weighted by Gasteiger charge is 2.30. The number of hydrogen-bond donors (Lipinski definition) is 1. The van der Waals surface area contributed by atoms with Crippen molar-refractivity contribution in [3.8, 4) is 11.5 Å². The molecule has 0 atom stereocenters. The van der Waals surface area contributed by atoms with Gasteiger partial charge < -0.3 is 19.5 Å². The molecule has 19 heavy (non-hydrogen) atoms. The fourth-order valence-corrected chi connectivity index (χ4v) is 2.33. The van der Waals surface area contributed by atoms with Crippen molar-refractivity contribution in [3.63, 3.8) is 0 Å². The van der Waals surface area contributed by atoms with Gasteiger partial charge in [0, 0.05) is 37.6 Å². The lowest BCUT2D eigenvalue weighted by atomic mass is 10.00. The maximum absolute atomic E-state index is 12.2. The van der Waals surface area contributed by atoms with Crippen molar-refractivity contribution in [2.45, 2.75) is 6.42 Å². The molecule has 102 valence electrons. The van der Waals surface area contributed by atoms with Crippen LogP contribution in [0.3, 0.4) is 0 Å². The molecule has 0 spiro atoms. The molecular weight excluding hydrogens is 246 g/mol. The fraction of sp³-hybridized carbons (Fsp3) is 0.500. The summed E-state index contributed by atoms with van der Waals surface area (Å²) in [5.41, 5.74) is 0.612. The molecule has 1 saturated heterocycles. The topological polar surface area (TPSA) is 59.0 Å². The molecule has 0 bridgehead atoms. The summed E-state index contributed by atoms with van der Waals surface area (Å²) in [5.74, 6) is 1.55. The second kappa shape index (κ2) is 5.09. The van der Waals surface area contributed by atoms with E-state index in [4.69, 9.17) is 14.6 Å². The first-order valence-electron chi connectivity index (χ1n) is 6.57. The van der Waals surface area contributed by atoms with E-state index in [-0.39, 0.29) is 18.4 Å². The lowest BCUT2D eigenvalue weighted by Crippen LogP contribution is -2.51. The molecule has 1 fully saturated rings. The zero-order valence-corrected chi connectivity index (χ0v) is 10.7. The van der Waals surface area contributed by atoms with Gasteiger partial charge in [-0.2, -0.15) is 0 Å². The minimum atomic E-state index is -0.0136. The number of benzene rings is 1. The molecule has 1 N–H and O–H groups in total. The molecule has 2 aliphatic heterocycles. The molecule has 0 aromatic heterocycles. The molecular formula is C14H17NO4. The van der Waals surface area contributed by atoms with Crippen LogP contribution in [0, 0.1) is 5.92 Å². The number of ether oxygens (including phenoxy) is 2. The third-order valence-corrected chi connectivity index (χ3v) is 3.50. The highest BCUT2D eigenvalue weighted by Crippen LogP contribution is 2.31. The number of carbonyl (C=O) groups is 1. The highest BCUT2D eigenvalue weighted by molar-refractivity contribution is 5.95. The fourth-order valence-electron chi connectivity index (χ4n) is 2.33. The Labute approximate surface area is 111 Å². The number of aliphatic hydroxyl groups is 1. The predicted octanol–water partition coefficient (Wildman–Crippen LogP) is 0.912. The van der Waals surface area contributed by atoms with Gasteiger partial charge in [-0.25, -0.2) is 0 Å². The van der Waals surface area contributed by atoms with Crippen LogP contribution in [-0.4, -0.2) is 48.8 Å². The number of fused-ring (bicyclic) bond motifs is 1. The Morgan fingerprint density at radius 3 is 2.74 bits per heavy atom. The zero-order chi connectivity index (χ0) is 13.2. The van der Waals surface area contributed by atoms with Crippen LogP contribution in [0.5, 0.6) is 11.5 Å². The Morgan fingerprint density at radius 2 is 2.00 bits per heavy atom. The lowest BCUT2D eigenvalue weighted by Gasteiger charge is -2.38. The summed E-state index contributed by atoms with van der Waals surface area (Å²) in [6.45, 7) is 2.66. The van der Waals surface area contributed by atoms with Crippen LogP contribution in [0.4, 0.5) is 0 Å². The van der Waals surface area contributed by atoms with E-state index in [2.05, 4.69) is 0 Å². The van der Waals surface area contributed by atoms with Crippen molar-refractivity contribution >= 4 is 5.91 Å².